The van der Waals surface area contributed by atoms with Crippen molar-refractivity contribution in [2.45, 2.75) is 13.0 Å². The molecule has 13 heavy (non-hydrogen) atoms. The number of pyridine rings is 1. The van der Waals surface area contributed by atoms with E-state index in [0.29, 0.717) is 11.3 Å². The summed E-state index contributed by atoms with van der Waals surface area (Å²) in [4.78, 5) is 14.4. The summed E-state index contributed by atoms with van der Waals surface area (Å²) in [6.07, 6.45) is 0. The first-order chi connectivity index (χ1) is 6.00. The van der Waals surface area contributed by atoms with E-state index < -0.39 is 12.0 Å². The van der Waals surface area contributed by atoms with Crippen LogP contribution in [0.5, 0.6) is 0 Å². The van der Waals surface area contributed by atoms with Crippen LogP contribution >= 0.6 is 11.6 Å². The van der Waals surface area contributed by atoms with Gasteiger partial charge in [0.05, 0.1) is 0 Å². The van der Waals surface area contributed by atoms with Crippen molar-refractivity contribution in [1.82, 2.24) is 4.98 Å². The van der Waals surface area contributed by atoms with Crippen LogP contribution in [0.3, 0.4) is 0 Å². The van der Waals surface area contributed by atoms with Crippen LogP contribution in [0.1, 0.15) is 17.3 Å². The van der Waals surface area contributed by atoms with Gasteiger partial charge in [-0.25, -0.2) is 4.98 Å². The van der Waals surface area contributed by atoms with E-state index in [2.05, 4.69) is 4.98 Å². The monoisotopic (exact) mass is 200 g/mol. The molecule has 1 atom stereocenters. The van der Waals surface area contributed by atoms with Gasteiger partial charge in [-0.3, -0.25) is 4.79 Å². The molecule has 3 N–H and O–H groups in total. The van der Waals surface area contributed by atoms with Crippen molar-refractivity contribution in [3.05, 3.63) is 28.5 Å². The van der Waals surface area contributed by atoms with E-state index in [1.807, 2.05) is 0 Å². The van der Waals surface area contributed by atoms with Crippen LogP contribution in [0.4, 0.5) is 0 Å². The fraction of sp³-hybridized carbons (Fsp3) is 0.250. The molecule has 5 heteroatoms. The Hall–Kier alpha value is -1.13. The third-order valence-corrected chi connectivity index (χ3v) is 1.76. The van der Waals surface area contributed by atoms with Crippen molar-refractivity contribution in [3.8, 4) is 0 Å². The number of rotatable bonds is 2. The van der Waals surface area contributed by atoms with Crippen LogP contribution < -0.4 is 5.73 Å². The number of nitrogens with zero attached hydrogens (tertiary/aromatic N) is 1. The SMILES string of the molecule is Cc1cc([C@H](N)C(=O)O)cc(Cl)n1. The Kier molecular flexibility index (Phi) is 2.85. The minimum absolute atomic E-state index is 0.256. The maximum absolute atomic E-state index is 10.5. The van der Waals surface area contributed by atoms with Crippen molar-refractivity contribution < 1.29 is 9.90 Å². The van der Waals surface area contributed by atoms with Gasteiger partial charge in [0.25, 0.3) is 0 Å². The molecule has 1 heterocycles. The Morgan fingerprint density at radius 2 is 2.31 bits per heavy atom. The lowest BCUT2D eigenvalue weighted by molar-refractivity contribution is -0.138. The highest BCUT2D eigenvalue weighted by Gasteiger charge is 2.14. The topological polar surface area (TPSA) is 76.2 Å². The van der Waals surface area contributed by atoms with Crippen molar-refractivity contribution in [2.75, 3.05) is 0 Å². The van der Waals surface area contributed by atoms with Gasteiger partial charge >= 0.3 is 5.97 Å². The van der Waals surface area contributed by atoms with Crippen molar-refractivity contribution in [3.63, 3.8) is 0 Å². The minimum Gasteiger partial charge on any atom is -0.480 e. The Morgan fingerprint density at radius 3 is 2.77 bits per heavy atom. The molecule has 0 radical (unpaired) electrons. The van der Waals surface area contributed by atoms with Crippen molar-refractivity contribution in [1.29, 1.82) is 0 Å². The van der Waals surface area contributed by atoms with Crippen LogP contribution in [0, 0.1) is 6.92 Å². The van der Waals surface area contributed by atoms with E-state index in [9.17, 15) is 4.79 Å². The van der Waals surface area contributed by atoms with Crippen LogP contribution in [0.15, 0.2) is 12.1 Å². The summed E-state index contributed by atoms with van der Waals surface area (Å²) in [5.74, 6) is -1.08. The molecule has 0 spiro atoms. The van der Waals surface area contributed by atoms with Crippen LogP contribution in [0.2, 0.25) is 5.15 Å². The number of aromatic nitrogens is 1. The third kappa shape index (κ3) is 2.40. The van der Waals surface area contributed by atoms with Gasteiger partial charge in [-0.15, -0.1) is 0 Å². The van der Waals surface area contributed by atoms with E-state index >= 15 is 0 Å². The first-order valence-corrected chi connectivity index (χ1v) is 4.01. The highest BCUT2D eigenvalue weighted by molar-refractivity contribution is 6.29. The Labute approximate surface area is 80.3 Å². The van der Waals surface area contributed by atoms with Crippen molar-refractivity contribution >= 4 is 17.6 Å². The number of halogens is 1. The van der Waals surface area contributed by atoms with E-state index in [1.54, 1.807) is 13.0 Å². The molecule has 1 aromatic rings. The zero-order valence-corrected chi connectivity index (χ0v) is 7.75. The second-order valence-corrected chi connectivity index (χ2v) is 3.07. The van der Waals surface area contributed by atoms with Gasteiger partial charge < -0.3 is 10.8 Å². The molecule has 0 aliphatic heterocycles. The second kappa shape index (κ2) is 3.72. The predicted octanol–water partition coefficient (Wildman–Crippen LogP) is 1.13. The second-order valence-electron chi connectivity index (χ2n) is 2.68. The zero-order valence-electron chi connectivity index (χ0n) is 6.99. The summed E-state index contributed by atoms with van der Waals surface area (Å²) < 4.78 is 0. The molecule has 0 fully saturated rings. The van der Waals surface area contributed by atoms with E-state index in [4.69, 9.17) is 22.4 Å². The summed E-state index contributed by atoms with van der Waals surface area (Å²) in [5, 5.41) is 8.88. The first-order valence-electron chi connectivity index (χ1n) is 3.63. The number of carbonyl (C=O) groups is 1. The molecule has 0 aromatic carbocycles. The predicted molar refractivity (Wildman–Crippen MR) is 48.5 cm³/mol. The molecule has 0 bridgehead atoms. The first kappa shape index (κ1) is 9.95. The van der Waals surface area contributed by atoms with Gasteiger partial charge in [-0.1, -0.05) is 11.6 Å². The molecule has 1 rings (SSSR count). The number of aryl methyl sites for hydroxylation is 1. The number of hydrogen-bond acceptors (Lipinski definition) is 3. The summed E-state index contributed by atoms with van der Waals surface area (Å²) in [6, 6.07) is 2.01. The summed E-state index contributed by atoms with van der Waals surface area (Å²) in [6.45, 7) is 1.73. The van der Waals surface area contributed by atoms with E-state index in [-0.39, 0.29) is 5.15 Å². The van der Waals surface area contributed by atoms with Gasteiger partial charge in [-0.05, 0) is 24.6 Å². The molecule has 70 valence electrons. The average Bonchev–Trinajstić information content (AvgIpc) is 2.01. The van der Waals surface area contributed by atoms with Crippen molar-refractivity contribution in [2.24, 2.45) is 5.73 Å². The Balaban J connectivity index is 3.07. The fourth-order valence-corrected chi connectivity index (χ4v) is 1.23. The molecule has 4 nitrogen and oxygen atoms in total. The minimum atomic E-state index is -1.08. The maximum Gasteiger partial charge on any atom is 0.325 e. The summed E-state index contributed by atoms with van der Waals surface area (Å²) >= 11 is 5.64. The smallest absolute Gasteiger partial charge is 0.325 e. The normalized spacial score (nSPS) is 12.5. The molecule has 0 aliphatic rings. The average molecular weight is 201 g/mol. The van der Waals surface area contributed by atoms with Gasteiger partial charge in [0.1, 0.15) is 11.2 Å². The number of carboxylic acid groups (broad SMARTS) is 1. The number of hydrogen-bond donors (Lipinski definition) is 2. The fourth-order valence-electron chi connectivity index (χ4n) is 0.976. The summed E-state index contributed by atoms with van der Waals surface area (Å²) in [7, 11) is 0. The van der Waals surface area contributed by atoms with E-state index in [1.165, 1.54) is 6.07 Å². The highest BCUT2D eigenvalue weighted by Crippen LogP contribution is 2.15. The van der Waals surface area contributed by atoms with Crippen LogP contribution in [0.25, 0.3) is 0 Å². The van der Waals surface area contributed by atoms with Gasteiger partial charge in [0.15, 0.2) is 0 Å². The quantitative estimate of drug-likeness (QED) is 0.702. The van der Waals surface area contributed by atoms with Crippen LogP contribution in [-0.2, 0) is 4.79 Å². The standard InChI is InChI=1S/C8H9ClN2O2/c1-4-2-5(3-6(9)11-4)7(10)8(12)13/h2-3,7H,10H2,1H3,(H,12,13)/t7-/m0/s1. The van der Waals surface area contributed by atoms with Gasteiger partial charge in [0, 0.05) is 5.69 Å². The van der Waals surface area contributed by atoms with Gasteiger partial charge in [-0.2, -0.15) is 0 Å². The lowest BCUT2D eigenvalue weighted by Crippen LogP contribution is -2.20. The molecular weight excluding hydrogens is 192 g/mol. The molecule has 0 amide bonds. The molecule has 0 aliphatic carbocycles. The molecule has 0 unspecified atom stereocenters. The van der Waals surface area contributed by atoms with Gasteiger partial charge in [0.2, 0.25) is 0 Å². The largest absolute Gasteiger partial charge is 0.480 e. The molecule has 0 saturated heterocycles. The summed E-state index contributed by atoms with van der Waals surface area (Å²) in [5.41, 5.74) is 6.50. The molecular formula is C8H9ClN2O2. The zero-order chi connectivity index (χ0) is 10.0. The number of carboxylic acids is 1. The third-order valence-electron chi connectivity index (χ3n) is 1.57. The highest BCUT2D eigenvalue weighted by atomic mass is 35.5. The van der Waals surface area contributed by atoms with E-state index in [0.717, 1.165) is 0 Å². The maximum atomic E-state index is 10.5. The number of aliphatic carboxylic acids is 1. The lowest BCUT2D eigenvalue weighted by Gasteiger charge is -2.07. The lowest BCUT2D eigenvalue weighted by atomic mass is 10.1. The molecule has 0 saturated carbocycles. The Morgan fingerprint density at radius 1 is 1.69 bits per heavy atom. The number of nitrogens with two attached hydrogens (primary N) is 1. The van der Waals surface area contributed by atoms with Crippen LogP contribution in [-0.4, -0.2) is 16.1 Å². The Bertz CT molecular complexity index is 321. The molecule has 1 aromatic heterocycles.